The second kappa shape index (κ2) is 7.69. The summed E-state index contributed by atoms with van der Waals surface area (Å²) >= 11 is 0. The summed E-state index contributed by atoms with van der Waals surface area (Å²) in [6.07, 6.45) is 1.92. The number of aliphatic hydroxyl groups is 1. The van der Waals surface area contributed by atoms with Crippen LogP contribution in [0, 0.1) is 0 Å². The highest BCUT2D eigenvalue weighted by Crippen LogP contribution is 1.90. The minimum atomic E-state index is 0.0764. The molecule has 0 unspecified atom stereocenters. The van der Waals surface area contributed by atoms with Gasteiger partial charge in [0.25, 0.3) is 0 Å². The van der Waals surface area contributed by atoms with Crippen molar-refractivity contribution in [1.82, 2.24) is 0 Å². The Hall–Kier alpha value is -0.410. The molecule has 0 aromatic rings. The SMILES string of the molecule is CCCOCC(=O)CCCO. The first-order valence-corrected chi connectivity index (χ1v) is 4.01. The number of aliphatic hydroxyl groups excluding tert-OH is 1. The second-order valence-corrected chi connectivity index (χ2v) is 2.42. The maximum absolute atomic E-state index is 10.8. The number of hydrogen-bond donors (Lipinski definition) is 1. The molecule has 66 valence electrons. The molecule has 11 heavy (non-hydrogen) atoms. The van der Waals surface area contributed by atoms with Crippen LogP contribution in [0.5, 0.6) is 0 Å². The van der Waals surface area contributed by atoms with E-state index in [9.17, 15) is 4.79 Å². The monoisotopic (exact) mass is 160 g/mol. The van der Waals surface area contributed by atoms with Crippen LogP contribution in [0.1, 0.15) is 26.2 Å². The third kappa shape index (κ3) is 7.49. The topological polar surface area (TPSA) is 46.5 Å². The Labute approximate surface area is 67.4 Å². The summed E-state index contributed by atoms with van der Waals surface area (Å²) in [4.78, 5) is 10.8. The number of carbonyl (C=O) groups is 1. The molecule has 0 heterocycles. The van der Waals surface area contributed by atoms with Gasteiger partial charge in [-0.25, -0.2) is 0 Å². The molecule has 3 nitrogen and oxygen atoms in total. The third-order valence-corrected chi connectivity index (χ3v) is 1.23. The fourth-order valence-electron chi connectivity index (χ4n) is 0.679. The summed E-state index contributed by atoms with van der Waals surface area (Å²) in [5.41, 5.74) is 0. The van der Waals surface area contributed by atoms with E-state index in [-0.39, 0.29) is 19.0 Å². The lowest BCUT2D eigenvalue weighted by molar-refractivity contribution is -0.123. The van der Waals surface area contributed by atoms with Gasteiger partial charge in [-0.1, -0.05) is 6.92 Å². The van der Waals surface area contributed by atoms with Crippen LogP contribution in [0.25, 0.3) is 0 Å². The number of ether oxygens (including phenoxy) is 1. The summed E-state index contributed by atoms with van der Waals surface area (Å²) in [7, 11) is 0. The zero-order valence-corrected chi connectivity index (χ0v) is 7.01. The first-order valence-electron chi connectivity index (χ1n) is 4.01. The van der Waals surface area contributed by atoms with Gasteiger partial charge in [-0.3, -0.25) is 4.79 Å². The Morgan fingerprint density at radius 3 is 2.82 bits per heavy atom. The van der Waals surface area contributed by atoms with E-state index >= 15 is 0 Å². The maximum Gasteiger partial charge on any atom is 0.158 e. The summed E-state index contributed by atoms with van der Waals surface area (Å²) in [5, 5.41) is 8.39. The van der Waals surface area contributed by atoms with E-state index in [0.717, 1.165) is 6.42 Å². The van der Waals surface area contributed by atoms with Crippen molar-refractivity contribution < 1.29 is 14.6 Å². The number of ketones is 1. The highest BCUT2D eigenvalue weighted by Gasteiger charge is 1.99. The Bertz CT molecular complexity index is 102. The Kier molecular flexibility index (Phi) is 7.41. The molecule has 0 spiro atoms. The van der Waals surface area contributed by atoms with Crippen LogP contribution < -0.4 is 0 Å². The molecule has 0 aliphatic carbocycles. The zero-order valence-electron chi connectivity index (χ0n) is 7.01. The molecule has 0 saturated heterocycles. The Morgan fingerprint density at radius 1 is 1.55 bits per heavy atom. The summed E-state index contributed by atoms with van der Waals surface area (Å²) in [6.45, 7) is 2.93. The van der Waals surface area contributed by atoms with Crippen LogP contribution in [0.4, 0.5) is 0 Å². The molecule has 0 aromatic carbocycles. The molecule has 3 heteroatoms. The standard InChI is InChI=1S/C8H16O3/c1-2-6-11-7-8(10)4-3-5-9/h9H,2-7H2,1H3. The van der Waals surface area contributed by atoms with Crippen molar-refractivity contribution in [2.75, 3.05) is 19.8 Å². The lowest BCUT2D eigenvalue weighted by Gasteiger charge is -1.99. The van der Waals surface area contributed by atoms with E-state index in [2.05, 4.69) is 0 Å². The second-order valence-electron chi connectivity index (χ2n) is 2.42. The average Bonchev–Trinajstić information content (AvgIpc) is 2.01. The van der Waals surface area contributed by atoms with E-state index in [1.54, 1.807) is 0 Å². The molecule has 0 atom stereocenters. The smallest absolute Gasteiger partial charge is 0.158 e. The van der Waals surface area contributed by atoms with Crippen molar-refractivity contribution in [3.05, 3.63) is 0 Å². The molecule has 0 aliphatic heterocycles. The first-order chi connectivity index (χ1) is 5.31. The van der Waals surface area contributed by atoms with Gasteiger partial charge in [0.1, 0.15) is 6.61 Å². The van der Waals surface area contributed by atoms with Gasteiger partial charge in [0.2, 0.25) is 0 Å². The predicted molar refractivity (Wildman–Crippen MR) is 42.4 cm³/mol. The molecular weight excluding hydrogens is 144 g/mol. The number of hydrogen-bond acceptors (Lipinski definition) is 3. The lowest BCUT2D eigenvalue weighted by atomic mass is 10.2. The van der Waals surface area contributed by atoms with Crippen molar-refractivity contribution in [3.63, 3.8) is 0 Å². The van der Waals surface area contributed by atoms with Gasteiger partial charge < -0.3 is 9.84 Å². The van der Waals surface area contributed by atoms with Crippen LogP contribution >= 0.6 is 0 Å². The maximum atomic E-state index is 10.8. The fraction of sp³-hybridized carbons (Fsp3) is 0.875. The Morgan fingerprint density at radius 2 is 2.27 bits per heavy atom. The molecule has 0 rings (SSSR count). The number of Topliss-reactive ketones (excluding diaryl/α,β-unsaturated/α-hetero) is 1. The van der Waals surface area contributed by atoms with Gasteiger partial charge in [0.15, 0.2) is 5.78 Å². The van der Waals surface area contributed by atoms with Gasteiger partial charge >= 0.3 is 0 Å². The van der Waals surface area contributed by atoms with Gasteiger partial charge in [-0.2, -0.15) is 0 Å². The number of carbonyl (C=O) groups excluding carboxylic acids is 1. The molecule has 0 bridgehead atoms. The van der Waals surface area contributed by atoms with Crippen molar-refractivity contribution in [1.29, 1.82) is 0 Å². The van der Waals surface area contributed by atoms with Crippen molar-refractivity contribution >= 4 is 5.78 Å². The minimum absolute atomic E-state index is 0.0764. The normalized spacial score (nSPS) is 10.0. The third-order valence-electron chi connectivity index (χ3n) is 1.23. The van der Waals surface area contributed by atoms with Crippen LogP contribution in [-0.2, 0) is 9.53 Å². The summed E-state index contributed by atoms with van der Waals surface area (Å²) in [5.74, 6) is 0.0764. The van der Waals surface area contributed by atoms with Gasteiger partial charge in [0.05, 0.1) is 0 Å². The molecule has 0 fully saturated rings. The fourth-order valence-corrected chi connectivity index (χ4v) is 0.679. The largest absolute Gasteiger partial charge is 0.396 e. The summed E-state index contributed by atoms with van der Waals surface area (Å²) < 4.78 is 5.01. The van der Waals surface area contributed by atoms with E-state index in [1.807, 2.05) is 6.92 Å². The summed E-state index contributed by atoms with van der Waals surface area (Å²) in [6, 6.07) is 0. The van der Waals surface area contributed by atoms with E-state index in [4.69, 9.17) is 9.84 Å². The highest BCUT2D eigenvalue weighted by molar-refractivity contribution is 5.79. The first kappa shape index (κ1) is 10.6. The molecule has 0 amide bonds. The van der Waals surface area contributed by atoms with Crippen molar-refractivity contribution in [3.8, 4) is 0 Å². The quantitative estimate of drug-likeness (QED) is 0.559. The average molecular weight is 160 g/mol. The van der Waals surface area contributed by atoms with Crippen LogP contribution in [-0.4, -0.2) is 30.7 Å². The molecule has 0 aliphatic rings. The van der Waals surface area contributed by atoms with Gasteiger partial charge in [-0.05, 0) is 12.8 Å². The molecule has 1 N–H and O–H groups in total. The van der Waals surface area contributed by atoms with E-state index in [0.29, 0.717) is 19.4 Å². The van der Waals surface area contributed by atoms with Crippen LogP contribution in [0.2, 0.25) is 0 Å². The van der Waals surface area contributed by atoms with Crippen LogP contribution in [0.15, 0.2) is 0 Å². The molecular formula is C8H16O3. The molecule has 0 aromatic heterocycles. The van der Waals surface area contributed by atoms with Crippen LogP contribution in [0.3, 0.4) is 0 Å². The number of rotatable bonds is 7. The Balaban J connectivity index is 3.09. The van der Waals surface area contributed by atoms with E-state index in [1.165, 1.54) is 0 Å². The molecule has 0 saturated carbocycles. The van der Waals surface area contributed by atoms with Crippen molar-refractivity contribution in [2.24, 2.45) is 0 Å². The molecule has 0 radical (unpaired) electrons. The zero-order chi connectivity index (χ0) is 8.53. The van der Waals surface area contributed by atoms with Gasteiger partial charge in [0, 0.05) is 19.6 Å². The van der Waals surface area contributed by atoms with Crippen molar-refractivity contribution in [2.45, 2.75) is 26.2 Å². The minimum Gasteiger partial charge on any atom is -0.396 e. The van der Waals surface area contributed by atoms with E-state index < -0.39 is 0 Å². The lowest BCUT2D eigenvalue weighted by Crippen LogP contribution is -2.09. The highest BCUT2D eigenvalue weighted by atomic mass is 16.5. The predicted octanol–water partition coefficient (Wildman–Crippen LogP) is 0.755. The van der Waals surface area contributed by atoms with Gasteiger partial charge in [-0.15, -0.1) is 0 Å².